The number of halogens is 2. The summed E-state index contributed by atoms with van der Waals surface area (Å²) in [6.45, 7) is 2.76. The fraction of sp³-hybridized carbons (Fsp3) is 0.107. The summed E-state index contributed by atoms with van der Waals surface area (Å²) in [5, 5.41) is 12.5. The first kappa shape index (κ1) is 23.2. The number of allylic oxidation sites excluding steroid dienone is 1. The Bertz CT molecular complexity index is 1360. The monoisotopic (exact) mass is 565 g/mol. The minimum atomic E-state index is 0.381. The maximum absolute atomic E-state index is 9.83. The van der Waals surface area contributed by atoms with Gasteiger partial charge in [-0.05, 0) is 93.4 Å². The average Bonchev–Trinajstić information content (AvgIpc) is 2.83. The van der Waals surface area contributed by atoms with Gasteiger partial charge in [0, 0.05) is 3.57 Å². The molecule has 0 bridgehead atoms. The fourth-order valence-electron chi connectivity index (χ4n) is 3.51. The van der Waals surface area contributed by atoms with Gasteiger partial charge in [-0.15, -0.1) is 0 Å². The number of nitrogens with zero attached hydrogens (tertiary/aromatic N) is 1. The Morgan fingerprint density at radius 1 is 0.970 bits per heavy atom. The Morgan fingerprint density at radius 2 is 1.73 bits per heavy atom. The first-order chi connectivity index (χ1) is 16.1. The van der Waals surface area contributed by atoms with Crippen molar-refractivity contribution in [3.8, 4) is 17.6 Å². The van der Waals surface area contributed by atoms with Crippen molar-refractivity contribution >= 4 is 56.6 Å². The van der Waals surface area contributed by atoms with E-state index < -0.39 is 0 Å². The van der Waals surface area contributed by atoms with E-state index in [2.05, 4.69) is 34.7 Å². The molecule has 33 heavy (non-hydrogen) atoms. The number of ether oxygens (including phenoxy) is 2. The SMILES string of the molecule is CCOc1cc(/C=C(/C#N)c2ccc3ccccc3c2)cc(Cl)c1OCc1ccc(I)cc1. The molecule has 0 N–H and O–H groups in total. The quantitative estimate of drug-likeness (QED) is 0.129. The minimum absolute atomic E-state index is 0.381. The van der Waals surface area contributed by atoms with Crippen LogP contribution >= 0.6 is 34.2 Å². The van der Waals surface area contributed by atoms with Gasteiger partial charge >= 0.3 is 0 Å². The number of fused-ring (bicyclic) bond motifs is 1. The number of hydrogen-bond acceptors (Lipinski definition) is 3. The van der Waals surface area contributed by atoms with Crippen LogP contribution in [0.2, 0.25) is 5.02 Å². The zero-order valence-corrected chi connectivity index (χ0v) is 20.9. The first-order valence-corrected chi connectivity index (χ1v) is 12.0. The third-order valence-corrected chi connectivity index (χ3v) is 6.12. The Morgan fingerprint density at radius 3 is 2.45 bits per heavy atom. The molecular formula is C28H21ClINO2. The molecule has 0 atom stereocenters. The van der Waals surface area contributed by atoms with E-state index >= 15 is 0 Å². The number of benzene rings is 4. The Labute approximate surface area is 212 Å². The first-order valence-electron chi connectivity index (χ1n) is 10.5. The average molecular weight is 566 g/mol. The lowest BCUT2D eigenvalue weighted by Gasteiger charge is -2.15. The molecule has 0 aliphatic carbocycles. The lowest BCUT2D eigenvalue weighted by atomic mass is 10.00. The highest BCUT2D eigenvalue weighted by molar-refractivity contribution is 14.1. The van der Waals surface area contributed by atoms with Crippen LogP contribution in [0.5, 0.6) is 11.5 Å². The highest BCUT2D eigenvalue weighted by atomic mass is 127. The van der Waals surface area contributed by atoms with Crippen molar-refractivity contribution in [1.29, 1.82) is 5.26 Å². The molecular weight excluding hydrogens is 545 g/mol. The third-order valence-electron chi connectivity index (χ3n) is 5.12. The molecule has 0 saturated carbocycles. The standard InChI is InChI=1S/C28H21ClINO2/c1-2-32-27-15-20(14-26(29)28(27)33-18-19-7-11-25(30)12-8-19)13-24(17-31)23-10-9-21-5-3-4-6-22(21)16-23/h3-16H,2,18H2,1H3/b24-13-. The van der Waals surface area contributed by atoms with Crippen LogP contribution in [0.1, 0.15) is 23.6 Å². The van der Waals surface area contributed by atoms with Crippen molar-refractivity contribution in [2.75, 3.05) is 6.61 Å². The van der Waals surface area contributed by atoms with E-state index in [-0.39, 0.29) is 0 Å². The fourth-order valence-corrected chi connectivity index (χ4v) is 4.15. The van der Waals surface area contributed by atoms with Crippen LogP contribution in [0.3, 0.4) is 0 Å². The topological polar surface area (TPSA) is 42.2 Å². The minimum Gasteiger partial charge on any atom is -0.490 e. The molecule has 4 rings (SSSR count). The molecule has 164 valence electrons. The normalized spacial score (nSPS) is 11.3. The molecule has 0 unspecified atom stereocenters. The van der Waals surface area contributed by atoms with Crippen LogP contribution in [0, 0.1) is 14.9 Å². The van der Waals surface area contributed by atoms with Gasteiger partial charge in [0.2, 0.25) is 0 Å². The number of rotatable bonds is 7. The van der Waals surface area contributed by atoms with Crippen molar-refractivity contribution in [2.24, 2.45) is 0 Å². The number of nitriles is 1. The second-order valence-electron chi connectivity index (χ2n) is 7.41. The van der Waals surface area contributed by atoms with Gasteiger partial charge in [-0.25, -0.2) is 0 Å². The highest BCUT2D eigenvalue weighted by Gasteiger charge is 2.13. The Kier molecular flexibility index (Phi) is 7.54. The Balaban J connectivity index is 1.65. The van der Waals surface area contributed by atoms with E-state index in [1.807, 2.05) is 79.7 Å². The lowest BCUT2D eigenvalue weighted by molar-refractivity contribution is 0.269. The highest BCUT2D eigenvalue weighted by Crippen LogP contribution is 2.38. The van der Waals surface area contributed by atoms with Crippen LogP contribution < -0.4 is 9.47 Å². The molecule has 0 radical (unpaired) electrons. The maximum Gasteiger partial charge on any atom is 0.180 e. The summed E-state index contributed by atoms with van der Waals surface area (Å²) in [5.41, 5.74) is 3.21. The van der Waals surface area contributed by atoms with Crippen LogP contribution in [-0.4, -0.2) is 6.61 Å². The summed E-state index contributed by atoms with van der Waals surface area (Å²) in [6.07, 6.45) is 1.82. The van der Waals surface area contributed by atoms with Gasteiger partial charge in [0.1, 0.15) is 6.61 Å². The zero-order valence-electron chi connectivity index (χ0n) is 18.0. The molecule has 4 aromatic rings. The molecule has 0 heterocycles. The second-order valence-corrected chi connectivity index (χ2v) is 9.06. The third kappa shape index (κ3) is 5.68. The van der Waals surface area contributed by atoms with Gasteiger partial charge in [0.25, 0.3) is 0 Å². The summed E-state index contributed by atoms with van der Waals surface area (Å²) >= 11 is 8.87. The predicted octanol–water partition coefficient (Wildman–Crippen LogP) is 8.14. The second kappa shape index (κ2) is 10.7. The maximum atomic E-state index is 9.83. The summed E-state index contributed by atoms with van der Waals surface area (Å²) in [6, 6.07) is 28.2. The van der Waals surface area contributed by atoms with Crippen molar-refractivity contribution < 1.29 is 9.47 Å². The van der Waals surface area contributed by atoms with Gasteiger partial charge in [-0.3, -0.25) is 0 Å². The van der Waals surface area contributed by atoms with Crippen molar-refractivity contribution in [3.05, 3.63) is 104 Å². The van der Waals surface area contributed by atoms with Crippen LogP contribution in [0.15, 0.2) is 78.9 Å². The van der Waals surface area contributed by atoms with Crippen LogP contribution in [0.25, 0.3) is 22.4 Å². The van der Waals surface area contributed by atoms with Crippen molar-refractivity contribution in [2.45, 2.75) is 13.5 Å². The number of hydrogen-bond donors (Lipinski definition) is 0. The largest absolute Gasteiger partial charge is 0.490 e. The summed E-state index contributed by atoms with van der Waals surface area (Å²) < 4.78 is 13.0. The molecule has 0 amide bonds. The van der Waals surface area contributed by atoms with Crippen LogP contribution in [0.4, 0.5) is 0 Å². The summed E-state index contributed by atoms with van der Waals surface area (Å²) in [4.78, 5) is 0. The van der Waals surface area contributed by atoms with Crippen LogP contribution in [-0.2, 0) is 6.61 Å². The molecule has 3 nitrogen and oxygen atoms in total. The molecule has 0 aliphatic heterocycles. The molecule has 0 saturated heterocycles. The predicted molar refractivity (Wildman–Crippen MR) is 144 cm³/mol. The van der Waals surface area contributed by atoms with E-state index in [4.69, 9.17) is 21.1 Å². The molecule has 5 heteroatoms. The van der Waals surface area contributed by atoms with E-state index in [9.17, 15) is 5.26 Å². The van der Waals surface area contributed by atoms with E-state index in [1.165, 1.54) is 3.57 Å². The van der Waals surface area contributed by atoms with Gasteiger partial charge in [0.05, 0.1) is 23.3 Å². The lowest BCUT2D eigenvalue weighted by Crippen LogP contribution is -2.01. The van der Waals surface area contributed by atoms with E-state index in [0.29, 0.717) is 35.3 Å². The molecule has 0 aromatic heterocycles. The van der Waals surface area contributed by atoms with E-state index in [1.54, 1.807) is 6.07 Å². The molecule has 0 aliphatic rings. The van der Waals surface area contributed by atoms with E-state index in [0.717, 1.165) is 27.5 Å². The zero-order chi connectivity index (χ0) is 23.2. The summed E-state index contributed by atoms with van der Waals surface area (Å²) in [7, 11) is 0. The Hall–Kier alpha value is -3.01. The van der Waals surface area contributed by atoms with Crippen molar-refractivity contribution in [1.82, 2.24) is 0 Å². The molecule has 0 fully saturated rings. The molecule has 0 spiro atoms. The molecule has 4 aromatic carbocycles. The van der Waals surface area contributed by atoms with Gasteiger partial charge < -0.3 is 9.47 Å². The summed E-state index contributed by atoms with van der Waals surface area (Å²) in [5.74, 6) is 1.05. The van der Waals surface area contributed by atoms with Gasteiger partial charge in [-0.1, -0.05) is 60.1 Å². The van der Waals surface area contributed by atoms with Gasteiger partial charge in [-0.2, -0.15) is 5.26 Å². The smallest absolute Gasteiger partial charge is 0.180 e. The van der Waals surface area contributed by atoms with Crippen molar-refractivity contribution in [3.63, 3.8) is 0 Å². The van der Waals surface area contributed by atoms with Gasteiger partial charge in [0.15, 0.2) is 11.5 Å².